The minimum absolute atomic E-state index is 0.000648. The van der Waals surface area contributed by atoms with Crippen LogP contribution >= 0.6 is 0 Å². The van der Waals surface area contributed by atoms with Gasteiger partial charge in [-0.15, -0.1) is 0 Å². The third-order valence-corrected chi connectivity index (χ3v) is 8.96. The lowest BCUT2D eigenvalue weighted by atomic mass is 9.40. The predicted octanol–water partition coefficient (Wildman–Crippen LogP) is 2.27. The molecule has 4 aliphatic carbocycles. The molecule has 4 heteroatoms. The Labute approximate surface area is 137 Å². The fourth-order valence-electron chi connectivity index (χ4n) is 7.99. The Morgan fingerprint density at radius 2 is 1.87 bits per heavy atom. The first-order valence-corrected chi connectivity index (χ1v) is 9.41. The molecule has 1 saturated heterocycles. The van der Waals surface area contributed by atoms with E-state index < -0.39 is 23.7 Å². The minimum atomic E-state index is -0.838. The first kappa shape index (κ1) is 14.7. The minimum Gasteiger partial charge on any atom is -0.459 e. The van der Waals surface area contributed by atoms with Crippen LogP contribution in [0.15, 0.2) is 0 Å². The smallest absolute Gasteiger partial charge is 0.315 e. The Balaban J connectivity index is 1.69. The quantitative estimate of drug-likeness (QED) is 0.672. The van der Waals surface area contributed by atoms with Crippen LogP contribution in [0.4, 0.5) is 0 Å². The lowest BCUT2D eigenvalue weighted by Crippen LogP contribution is -2.67. The van der Waals surface area contributed by atoms with Crippen LogP contribution in [0, 0.1) is 34.0 Å². The molecule has 5 fully saturated rings. The van der Waals surface area contributed by atoms with Crippen molar-refractivity contribution in [2.24, 2.45) is 34.0 Å². The van der Waals surface area contributed by atoms with Crippen LogP contribution in [0.25, 0.3) is 0 Å². The van der Waals surface area contributed by atoms with E-state index in [9.17, 15) is 15.0 Å². The van der Waals surface area contributed by atoms with Crippen LogP contribution in [0.2, 0.25) is 0 Å². The summed E-state index contributed by atoms with van der Waals surface area (Å²) in [5, 5.41) is 21.9. The maximum absolute atomic E-state index is 12.7. The molecule has 0 radical (unpaired) electrons. The molecular weight excluding hydrogens is 292 g/mol. The highest BCUT2D eigenvalue weighted by molar-refractivity contribution is 5.81. The lowest BCUT2D eigenvalue weighted by Gasteiger charge is -2.64. The highest BCUT2D eigenvalue weighted by atomic mass is 16.6. The van der Waals surface area contributed by atoms with Crippen LogP contribution < -0.4 is 0 Å². The Morgan fingerprint density at radius 1 is 1.09 bits per heavy atom. The van der Waals surface area contributed by atoms with E-state index in [1.807, 2.05) is 6.92 Å². The third kappa shape index (κ3) is 1.41. The molecule has 1 heterocycles. The molecule has 5 aliphatic rings. The van der Waals surface area contributed by atoms with E-state index in [0.29, 0.717) is 12.3 Å². The van der Waals surface area contributed by atoms with Gasteiger partial charge in [-0.2, -0.15) is 0 Å². The summed E-state index contributed by atoms with van der Waals surface area (Å²) in [5.41, 5.74) is -0.887. The van der Waals surface area contributed by atoms with Crippen molar-refractivity contribution in [2.45, 2.75) is 77.1 Å². The second-order valence-corrected chi connectivity index (χ2v) is 9.61. The number of aliphatic hydroxyl groups is 2. The van der Waals surface area contributed by atoms with Gasteiger partial charge < -0.3 is 14.9 Å². The molecule has 0 aromatic rings. The molecule has 128 valence electrons. The monoisotopic (exact) mass is 320 g/mol. The largest absolute Gasteiger partial charge is 0.459 e. The SMILES string of the molecule is C[C@]12CC[C@H](O)[C@@]3(C)C(=O)O[C@@H]([C@H](O)[C@]45CC[C@H](CC[C@@H]14)C5)[C@@H]23. The van der Waals surface area contributed by atoms with Crippen LogP contribution in [0.5, 0.6) is 0 Å². The highest BCUT2D eigenvalue weighted by Gasteiger charge is 2.76. The summed E-state index contributed by atoms with van der Waals surface area (Å²) in [6.45, 7) is 4.21. The van der Waals surface area contributed by atoms with Gasteiger partial charge in [-0.05, 0) is 62.7 Å². The number of ether oxygens (including phenoxy) is 1. The van der Waals surface area contributed by atoms with Crippen LogP contribution in [0.1, 0.15) is 58.8 Å². The van der Waals surface area contributed by atoms with Gasteiger partial charge in [0.15, 0.2) is 0 Å². The van der Waals surface area contributed by atoms with E-state index in [-0.39, 0.29) is 22.7 Å². The summed E-state index contributed by atoms with van der Waals surface area (Å²) in [6.07, 6.45) is 5.86. The molecule has 0 amide bonds. The lowest BCUT2D eigenvalue weighted by molar-refractivity contribution is -0.231. The summed E-state index contributed by atoms with van der Waals surface area (Å²) < 4.78 is 5.78. The number of esters is 1. The number of carbonyl (C=O) groups excluding carboxylic acids is 1. The van der Waals surface area contributed by atoms with Gasteiger partial charge in [-0.1, -0.05) is 13.3 Å². The standard InChI is InChI=1S/C19H28O4/c1-17-7-6-12(20)18(2)14(17)13(23-16(18)22)15(21)19-8-5-10(9-19)3-4-11(17)19/h10-15,20-21H,3-9H2,1-2H3/t10-,11-,12-,13+,14-,15-,17-,18+,19-/m0/s1. The van der Waals surface area contributed by atoms with Crippen molar-refractivity contribution in [3.05, 3.63) is 0 Å². The number of rotatable bonds is 0. The topological polar surface area (TPSA) is 66.8 Å². The van der Waals surface area contributed by atoms with E-state index >= 15 is 0 Å². The normalized spacial score (nSPS) is 63.4. The van der Waals surface area contributed by atoms with Crippen molar-refractivity contribution in [2.75, 3.05) is 0 Å². The maximum atomic E-state index is 12.7. The average Bonchev–Trinajstić information content (AvgIpc) is 3.00. The Morgan fingerprint density at radius 3 is 2.65 bits per heavy atom. The third-order valence-electron chi connectivity index (χ3n) is 8.96. The van der Waals surface area contributed by atoms with Crippen molar-refractivity contribution in [3.63, 3.8) is 0 Å². The molecule has 1 aliphatic heterocycles. The molecule has 2 N–H and O–H groups in total. The average molecular weight is 320 g/mol. The van der Waals surface area contributed by atoms with Crippen LogP contribution in [0.3, 0.4) is 0 Å². The van der Waals surface area contributed by atoms with E-state index in [4.69, 9.17) is 4.74 Å². The van der Waals surface area contributed by atoms with E-state index in [1.165, 1.54) is 19.3 Å². The second kappa shape index (κ2) is 4.13. The molecule has 5 rings (SSSR count). The molecule has 2 bridgehead atoms. The van der Waals surface area contributed by atoms with Gasteiger partial charge in [-0.3, -0.25) is 4.79 Å². The molecular formula is C19H28O4. The number of carbonyl (C=O) groups is 1. The van der Waals surface area contributed by atoms with Crippen molar-refractivity contribution >= 4 is 5.97 Å². The van der Waals surface area contributed by atoms with E-state index in [2.05, 4.69) is 6.92 Å². The Hall–Kier alpha value is -0.610. The summed E-state index contributed by atoms with van der Waals surface area (Å²) in [5.74, 6) is 0.883. The zero-order chi connectivity index (χ0) is 16.2. The molecule has 0 aromatic carbocycles. The van der Waals surface area contributed by atoms with Gasteiger partial charge in [0.1, 0.15) is 6.10 Å². The number of hydrogen-bond donors (Lipinski definition) is 2. The van der Waals surface area contributed by atoms with Crippen LogP contribution in [-0.4, -0.2) is 34.5 Å². The summed E-state index contributed by atoms with van der Waals surface area (Å²) >= 11 is 0. The Kier molecular flexibility index (Phi) is 2.64. The first-order valence-electron chi connectivity index (χ1n) is 9.41. The van der Waals surface area contributed by atoms with E-state index in [0.717, 1.165) is 25.2 Å². The zero-order valence-electron chi connectivity index (χ0n) is 14.1. The van der Waals surface area contributed by atoms with Crippen molar-refractivity contribution in [1.29, 1.82) is 0 Å². The number of aliphatic hydroxyl groups excluding tert-OH is 2. The second-order valence-electron chi connectivity index (χ2n) is 9.61. The molecule has 4 saturated carbocycles. The Bertz CT molecular complexity index is 576. The predicted molar refractivity (Wildman–Crippen MR) is 83.3 cm³/mol. The fourth-order valence-corrected chi connectivity index (χ4v) is 7.99. The fraction of sp³-hybridized carbons (Fsp3) is 0.947. The van der Waals surface area contributed by atoms with Crippen molar-refractivity contribution in [3.8, 4) is 0 Å². The maximum Gasteiger partial charge on any atom is 0.315 e. The molecule has 0 unspecified atom stereocenters. The summed E-state index contributed by atoms with van der Waals surface area (Å²) in [7, 11) is 0. The van der Waals surface area contributed by atoms with Gasteiger partial charge in [0.05, 0.1) is 17.6 Å². The molecule has 9 atom stereocenters. The van der Waals surface area contributed by atoms with Gasteiger partial charge in [-0.25, -0.2) is 0 Å². The van der Waals surface area contributed by atoms with Gasteiger partial charge in [0.2, 0.25) is 0 Å². The zero-order valence-corrected chi connectivity index (χ0v) is 14.1. The highest BCUT2D eigenvalue weighted by Crippen LogP contribution is 2.73. The molecule has 23 heavy (non-hydrogen) atoms. The van der Waals surface area contributed by atoms with Crippen molar-refractivity contribution < 1.29 is 19.7 Å². The van der Waals surface area contributed by atoms with Crippen LogP contribution in [-0.2, 0) is 9.53 Å². The van der Waals surface area contributed by atoms with Gasteiger partial charge in [0.25, 0.3) is 0 Å². The van der Waals surface area contributed by atoms with Gasteiger partial charge in [0, 0.05) is 11.3 Å². The van der Waals surface area contributed by atoms with Crippen molar-refractivity contribution in [1.82, 2.24) is 0 Å². The first-order chi connectivity index (χ1) is 10.8. The van der Waals surface area contributed by atoms with Gasteiger partial charge >= 0.3 is 5.97 Å². The number of hydrogen-bond acceptors (Lipinski definition) is 4. The molecule has 0 aromatic heterocycles. The summed E-state index contributed by atoms with van der Waals surface area (Å²) in [6, 6.07) is 0. The molecule has 1 spiro atoms. The molecule has 4 nitrogen and oxygen atoms in total. The summed E-state index contributed by atoms with van der Waals surface area (Å²) in [4.78, 5) is 12.7. The number of fused-ring (bicyclic) bond motifs is 2. The van der Waals surface area contributed by atoms with E-state index in [1.54, 1.807) is 0 Å².